The van der Waals surface area contributed by atoms with Crippen LogP contribution in [0.3, 0.4) is 0 Å². The number of halogens is 1. The number of hydrogen-bond acceptors (Lipinski definition) is 5. The van der Waals surface area contributed by atoms with Crippen LogP contribution < -0.4 is 4.90 Å². The number of anilines is 1. The van der Waals surface area contributed by atoms with Gasteiger partial charge in [0.25, 0.3) is 0 Å². The molecule has 1 aromatic carbocycles. The summed E-state index contributed by atoms with van der Waals surface area (Å²) in [5, 5.41) is 0. The van der Waals surface area contributed by atoms with E-state index in [0.717, 1.165) is 56.3 Å². The van der Waals surface area contributed by atoms with Gasteiger partial charge in [0.2, 0.25) is 0 Å². The van der Waals surface area contributed by atoms with Gasteiger partial charge in [-0.15, -0.1) is 0 Å². The molecule has 0 spiro atoms. The van der Waals surface area contributed by atoms with E-state index in [1.165, 1.54) is 32.1 Å². The van der Waals surface area contributed by atoms with Crippen LogP contribution in [0.1, 0.15) is 32.1 Å². The largest absolute Gasteiger partial charge is 0.357 e. The van der Waals surface area contributed by atoms with Crippen molar-refractivity contribution in [1.82, 2.24) is 24.4 Å². The van der Waals surface area contributed by atoms with Gasteiger partial charge in [0.05, 0.1) is 11.3 Å². The van der Waals surface area contributed by atoms with E-state index < -0.39 is 0 Å². The second-order valence-corrected chi connectivity index (χ2v) is 8.50. The number of piperidine rings is 1. The van der Waals surface area contributed by atoms with Crippen LogP contribution in [0.2, 0.25) is 0 Å². The first kappa shape index (κ1) is 20.1. The Labute approximate surface area is 182 Å². The van der Waals surface area contributed by atoms with Crippen LogP contribution >= 0.6 is 0 Å². The van der Waals surface area contributed by atoms with E-state index in [9.17, 15) is 0 Å². The zero-order valence-corrected chi connectivity index (χ0v) is 17.9. The molecule has 2 aromatic heterocycles. The zero-order valence-electron chi connectivity index (χ0n) is 17.9. The second-order valence-electron chi connectivity index (χ2n) is 8.50. The van der Waals surface area contributed by atoms with Crippen molar-refractivity contribution in [2.24, 2.45) is 0 Å². The van der Waals surface area contributed by atoms with Crippen LogP contribution in [0, 0.1) is 5.82 Å². The second kappa shape index (κ2) is 9.14. The molecule has 6 nitrogen and oxygen atoms in total. The van der Waals surface area contributed by atoms with Crippen molar-refractivity contribution < 1.29 is 4.39 Å². The third-order valence-corrected chi connectivity index (χ3v) is 6.41. The predicted octanol–water partition coefficient (Wildman–Crippen LogP) is 4.23. The fourth-order valence-corrected chi connectivity index (χ4v) is 4.65. The standard InChI is InChI=1S/C24H29FN6/c25-21-16-19(22-17-23(28-18-27-22)30-11-2-1-3-12-30)6-7-20(21)24-26-8-13-31(24)15-14-29-9-4-5-10-29/h6-8,13,16-18H,1-5,9-12,14-15H2. The highest BCUT2D eigenvalue weighted by molar-refractivity contribution is 5.67. The number of benzene rings is 1. The van der Waals surface area contributed by atoms with Crippen LogP contribution in [0.5, 0.6) is 0 Å². The Morgan fingerprint density at radius 1 is 0.839 bits per heavy atom. The van der Waals surface area contributed by atoms with Crippen molar-refractivity contribution in [3.63, 3.8) is 0 Å². The molecule has 0 amide bonds. The lowest BCUT2D eigenvalue weighted by Gasteiger charge is -2.27. The predicted molar refractivity (Wildman–Crippen MR) is 120 cm³/mol. The molecule has 2 aliphatic rings. The summed E-state index contributed by atoms with van der Waals surface area (Å²) in [5.41, 5.74) is 2.04. The summed E-state index contributed by atoms with van der Waals surface area (Å²) in [6.45, 7) is 6.15. The average molecular weight is 421 g/mol. The van der Waals surface area contributed by atoms with Crippen LogP contribution in [0.4, 0.5) is 10.2 Å². The molecular weight excluding hydrogens is 391 g/mol. The summed E-state index contributed by atoms with van der Waals surface area (Å²) >= 11 is 0. The van der Waals surface area contributed by atoms with Gasteiger partial charge in [0.15, 0.2) is 0 Å². The highest BCUT2D eigenvalue weighted by atomic mass is 19.1. The van der Waals surface area contributed by atoms with E-state index >= 15 is 4.39 Å². The maximum Gasteiger partial charge on any atom is 0.142 e. The summed E-state index contributed by atoms with van der Waals surface area (Å²) < 4.78 is 17.2. The minimum absolute atomic E-state index is 0.274. The molecule has 0 radical (unpaired) electrons. The van der Waals surface area contributed by atoms with Gasteiger partial charge in [-0.2, -0.15) is 0 Å². The van der Waals surface area contributed by atoms with E-state index in [1.807, 2.05) is 24.4 Å². The Bertz CT molecular complexity index is 1020. The Hall–Kier alpha value is -2.80. The fraction of sp³-hybridized carbons (Fsp3) is 0.458. The van der Waals surface area contributed by atoms with Crippen molar-refractivity contribution in [2.45, 2.75) is 38.6 Å². The van der Waals surface area contributed by atoms with E-state index in [0.29, 0.717) is 11.4 Å². The molecule has 0 unspecified atom stereocenters. The van der Waals surface area contributed by atoms with Crippen LogP contribution in [0.15, 0.2) is 43.0 Å². The Kier molecular flexibility index (Phi) is 5.93. The van der Waals surface area contributed by atoms with Gasteiger partial charge in [0, 0.05) is 50.2 Å². The first-order valence-electron chi connectivity index (χ1n) is 11.4. The van der Waals surface area contributed by atoms with Crippen LogP contribution in [-0.2, 0) is 6.54 Å². The molecule has 0 N–H and O–H groups in total. The van der Waals surface area contributed by atoms with Gasteiger partial charge in [-0.25, -0.2) is 19.3 Å². The van der Waals surface area contributed by atoms with E-state index in [4.69, 9.17) is 0 Å². The number of hydrogen-bond donors (Lipinski definition) is 0. The highest BCUT2D eigenvalue weighted by Crippen LogP contribution is 2.28. The summed E-state index contributed by atoms with van der Waals surface area (Å²) in [6, 6.07) is 7.29. The molecule has 0 atom stereocenters. The van der Waals surface area contributed by atoms with Gasteiger partial charge in [-0.05, 0) is 57.3 Å². The van der Waals surface area contributed by atoms with Crippen molar-refractivity contribution in [2.75, 3.05) is 37.6 Å². The Balaban J connectivity index is 1.36. The van der Waals surface area contributed by atoms with Crippen molar-refractivity contribution >= 4 is 5.82 Å². The van der Waals surface area contributed by atoms with Crippen molar-refractivity contribution in [3.05, 3.63) is 48.8 Å². The van der Waals surface area contributed by atoms with E-state index in [2.05, 4.69) is 29.3 Å². The van der Waals surface area contributed by atoms with Gasteiger partial charge in [0.1, 0.15) is 23.8 Å². The van der Waals surface area contributed by atoms with Crippen LogP contribution in [0.25, 0.3) is 22.6 Å². The molecule has 4 heterocycles. The molecular formula is C24H29FN6. The lowest BCUT2D eigenvalue weighted by molar-refractivity contribution is 0.323. The highest BCUT2D eigenvalue weighted by Gasteiger charge is 2.17. The lowest BCUT2D eigenvalue weighted by Crippen LogP contribution is -2.30. The maximum absolute atomic E-state index is 15.2. The summed E-state index contributed by atoms with van der Waals surface area (Å²) in [4.78, 5) is 18.0. The third-order valence-electron chi connectivity index (χ3n) is 6.41. The number of rotatable bonds is 6. The molecule has 2 fully saturated rings. The monoisotopic (exact) mass is 420 g/mol. The van der Waals surface area contributed by atoms with Gasteiger partial charge in [-0.3, -0.25) is 0 Å². The molecule has 162 valence electrons. The molecule has 0 saturated carbocycles. The Morgan fingerprint density at radius 3 is 2.45 bits per heavy atom. The van der Waals surface area contributed by atoms with Crippen molar-refractivity contribution in [1.29, 1.82) is 0 Å². The quantitative estimate of drug-likeness (QED) is 0.597. The SMILES string of the molecule is Fc1cc(-c2cc(N3CCCCC3)ncn2)ccc1-c1nccn1CCN1CCCC1. The maximum atomic E-state index is 15.2. The van der Waals surface area contributed by atoms with Gasteiger partial charge >= 0.3 is 0 Å². The topological polar surface area (TPSA) is 50.1 Å². The van der Waals surface area contributed by atoms with E-state index in [1.54, 1.807) is 18.6 Å². The summed E-state index contributed by atoms with van der Waals surface area (Å²) in [6.07, 6.45) is 11.5. The molecule has 31 heavy (non-hydrogen) atoms. The minimum atomic E-state index is -0.274. The van der Waals surface area contributed by atoms with Crippen LogP contribution in [-0.4, -0.2) is 57.1 Å². The minimum Gasteiger partial charge on any atom is -0.357 e. The molecule has 7 heteroatoms. The molecule has 3 aromatic rings. The average Bonchev–Trinajstić information content (AvgIpc) is 3.50. The number of nitrogens with zero attached hydrogens (tertiary/aromatic N) is 6. The molecule has 0 bridgehead atoms. The number of imidazole rings is 1. The number of aromatic nitrogens is 4. The van der Waals surface area contributed by atoms with Gasteiger partial charge < -0.3 is 14.4 Å². The van der Waals surface area contributed by atoms with E-state index in [-0.39, 0.29) is 5.82 Å². The molecule has 2 aliphatic heterocycles. The third kappa shape index (κ3) is 4.46. The normalized spacial score (nSPS) is 17.4. The van der Waals surface area contributed by atoms with Gasteiger partial charge in [-0.1, -0.05) is 6.07 Å². The summed E-state index contributed by atoms with van der Waals surface area (Å²) in [7, 11) is 0. The lowest BCUT2D eigenvalue weighted by atomic mass is 10.1. The zero-order chi connectivity index (χ0) is 21.0. The number of likely N-dealkylation sites (tertiary alicyclic amines) is 1. The smallest absolute Gasteiger partial charge is 0.142 e. The summed E-state index contributed by atoms with van der Waals surface area (Å²) in [5.74, 6) is 1.33. The Morgan fingerprint density at radius 2 is 1.65 bits per heavy atom. The van der Waals surface area contributed by atoms with Crippen molar-refractivity contribution in [3.8, 4) is 22.6 Å². The fourth-order valence-electron chi connectivity index (χ4n) is 4.65. The first-order valence-corrected chi connectivity index (χ1v) is 11.4. The molecule has 0 aliphatic carbocycles. The molecule has 2 saturated heterocycles. The first-order chi connectivity index (χ1) is 15.3. The molecule has 5 rings (SSSR count).